The number of hydrogen-bond donors (Lipinski definition) is 1. The summed E-state index contributed by atoms with van der Waals surface area (Å²) in [6, 6.07) is 11.7. The molecule has 0 unspecified atom stereocenters. The number of nitrogens with one attached hydrogen (secondary N) is 1. The summed E-state index contributed by atoms with van der Waals surface area (Å²) in [4.78, 5) is 12.6. The molecule has 1 atom stereocenters. The number of benzene rings is 2. The molecular weight excluding hydrogens is 392 g/mol. The number of sulfonamides is 1. The van der Waals surface area contributed by atoms with Gasteiger partial charge in [0.25, 0.3) is 0 Å². The second-order valence-electron chi connectivity index (χ2n) is 6.84. The highest BCUT2D eigenvalue weighted by Crippen LogP contribution is 2.26. The van der Waals surface area contributed by atoms with Crippen molar-refractivity contribution < 1.29 is 22.7 Å². The summed E-state index contributed by atoms with van der Waals surface area (Å²) >= 11 is 0. The van der Waals surface area contributed by atoms with Gasteiger partial charge in [-0.2, -0.15) is 0 Å². The summed E-state index contributed by atoms with van der Waals surface area (Å²) in [5.41, 5.74) is 2.20. The van der Waals surface area contributed by atoms with Crippen molar-refractivity contribution in [3.8, 4) is 11.5 Å². The minimum atomic E-state index is -3.65. The second-order valence-corrected chi connectivity index (χ2v) is 8.70. The molecule has 0 fully saturated rings. The zero-order valence-corrected chi connectivity index (χ0v) is 18.2. The van der Waals surface area contributed by atoms with Crippen molar-refractivity contribution in [3.05, 3.63) is 53.6 Å². The second kappa shape index (κ2) is 9.65. The molecular formula is C21H28N2O5S. The van der Waals surface area contributed by atoms with Crippen LogP contribution in [-0.4, -0.2) is 46.9 Å². The van der Waals surface area contributed by atoms with E-state index in [2.05, 4.69) is 5.32 Å². The number of carbonyl (C=O) groups is 1. The van der Waals surface area contributed by atoms with Gasteiger partial charge in [-0.05, 0) is 62.2 Å². The lowest BCUT2D eigenvalue weighted by Crippen LogP contribution is -2.48. The number of rotatable bonds is 9. The van der Waals surface area contributed by atoms with Crippen molar-refractivity contribution in [2.24, 2.45) is 0 Å². The van der Waals surface area contributed by atoms with E-state index in [1.165, 1.54) is 0 Å². The molecule has 2 rings (SSSR count). The average molecular weight is 421 g/mol. The number of methoxy groups -OCH3 is 1. The van der Waals surface area contributed by atoms with Crippen LogP contribution in [-0.2, 0) is 14.8 Å². The van der Waals surface area contributed by atoms with Gasteiger partial charge in [0.05, 0.1) is 25.6 Å². The van der Waals surface area contributed by atoms with Crippen molar-refractivity contribution in [2.45, 2.75) is 26.8 Å². The monoisotopic (exact) mass is 420 g/mol. The van der Waals surface area contributed by atoms with Gasteiger partial charge in [-0.15, -0.1) is 0 Å². The molecule has 0 saturated carbocycles. The Morgan fingerprint density at radius 2 is 1.72 bits per heavy atom. The summed E-state index contributed by atoms with van der Waals surface area (Å²) < 4.78 is 36.7. The van der Waals surface area contributed by atoms with E-state index < -0.39 is 22.0 Å². The maximum atomic E-state index is 12.6. The van der Waals surface area contributed by atoms with Gasteiger partial charge in [-0.1, -0.05) is 12.1 Å². The minimum Gasteiger partial charge on any atom is -0.497 e. The van der Waals surface area contributed by atoms with Gasteiger partial charge in [0.15, 0.2) is 0 Å². The summed E-state index contributed by atoms with van der Waals surface area (Å²) in [5.74, 6) is 0.989. The maximum Gasteiger partial charge on any atom is 0.243 e. The maximum absolute atomic E-state index is 12.6. The molecule has 0 saturated heterocycles. The third-order valence-electron chi connectivity index (χ3n) is 4.42. The topological polar surface area (TPSA) is 84.9 Å². The molecule has 0 spiro atoms. The van der Waals surface area contributed by atoms with Gasteiger partial charge in [-0.25, -0.2) is 8.42 Å². The Morgan fingerprint density at radius 1 is 1.10 bits per heavy atom. The quantitative estimate of drug-likeness (QED) is 0.631. The molecule has 0 bridgehead atoms. The molecule has 0 aliphatic rings. The fourth-order valence-corrected chi connectivity index (χ4v) is 4.12. The van der Waals surface area contributed by atoms with Crippen LogP contribution in [0.5, 0.6) is 11.5 Å². The van der Waals surface area contributed by atoms with Crippen LogP contribution in [0.2, 0.25) is 0 Å². The first-order valence-electron chi connectivity index (χ1n) is 9.24. The highest BCUT2D eigenvalue weighted by molar-refractivity contribution is 7.92. The Kier molecular flexibility index (Phi) is 7.50. The van der Waals surface area contributed by atoms with Crippen molar-refractivity contribution >= 4 is 21.6 Å². The molecule has 0 heterocycles. The Labute approximate surface area is 172 Å². The van der Waals surface area contributed by atoms with Gasteiger partial charge in [-0.3, -0.25) is 9.10 Å². The highest BCUT2D eigenvalue weighted by atomic mass is 32.2. The predicted octanol–water partition coefficient (Wildman–Crippen LogP) is 2.66. The first-order valence-corrected chi connectivity index (χ1v) is 11.1. The molecule has 0 aliphatic carbocycles. The molecule has 1 N–H and O–H groups in total. The van der Waals surface area contributed by atoms with Gasteiger partial charge in [0, 0.05) is 0 Å². The van der Waals surface area contributed by atoms with Gasteiger partial charge < -0.3 is 14.8 Å². The van der Waals surface area contributed by atoms with Crippen LogP contribution < -0.4 is 19.1 Å². The first-order chi connectivity index (χ1) is 13.6. The lowest BCUT2D eigenvalue weighted by molar-refractivity contribution is -0.121. The van der Waals surface area contributed by atoms with E-state index in [1.807, 2.05) is 26.0 Å². The average Bonchev–Trinajstić information content (AvgIpc) is 2.67. The summed E-state index contributed by atoms with van der Waals surface area (Å²) in [6.07, 6.45) is 1.10. The molecule has 2 aromatic carbocycles. The molecule has 158 valence electrons. The number of nitrogens with zero attached hydrogens (tertiary/aromatic N) is 1. The zero-order chi connectivity index (χ0) is 21.6. The van der Waals surface area contributed by atoms with E-state index in [4.69, 9.17) is 9.47 Å². The van der Waals surface area contributed by atoms with Crippen LogP contribution in [0.15, 0.2) is 42.5 Å². The molecule has 0 aromatic heterocycles. The lowest BCUT2D eigenvalue weighted by Gasteiger charge is -2.29. The van der Waals surface area contributed by atoms with Crippen LogP contribution in [0.4, 0.5) is 5.69 Å². The van der Waals surface area contributed by atoms with E-state index in [-0.39, 0.29) is 13.2 Å². The molecule has 29 heavy (non-hydrogen) atoms. The van der Waals surface area contributed by atoms with Crippen molar-refractivity contribution in [1.82, 2.24) is 5.32 Å². The van der Waals surface area contributed by atoms with Gasteiger partial charge in [0.1, 0.15) is 24.1 Å². The molecule has 1 amide bonds. The van der Waals surface area contributed by atoms with E-state index in [1.54, 1.807) is 44.4 Å². The van der Waals surface area contributed by atoms with Crippen molar-refractivity contribution in [3.63, 3.8) is 0 Å². The number of anilines is 1. The van der Waals surface area contributed by atoms with E-state index in [9.17, 15) is 13.2 Å². The largest absolute Gasteiger partial charge is 0.497 e. The molecule has 7 nitrogen and oxygen atoms in total. The highest BCUT2D eigenvalue weighted by Gasteiger charge is 2.30. The van der Waals surface area contributed by atoms with Crippen molar-refractivity contribution in [1.29, 1.82) is 0 Å². The summed E-state index contributed by atoms with van der Waals surface area (Å²) in [5, 5.41) is 2.74. The Morgan fingerprint density at radius 3 is 2.31 bits per heavy atom. The Hall–Kier alpha value is -2.74. The van der Waals surface area contributed by atoms with Crippen molar-refractivity contribution in [2.75, 3.05) is 30.8 Å². The van der Waals surface area contributed by atoms with Crippen LogP contribution in [0, 0.1) is 13.8 Å². The number of hydrogen-bond acceptors (Lipinski definition) is 5. The standard InChI is InChI=1S/C21H28N2O5S/c1-15-6-7-16(2)20(14-15)23(29(5,25)26)17(3)21(24)22-12-13-28-19-10-8-18(27-4)9-11-19/h6-11,14,17H,12-13H2,1-5H3,(H,22,24)/t17-/m1/s1. The van der Waals surface area contributed by atoms with Gasteiger partial charge >= 0.3 is 0 Å². The lowest BCUT2D eigenvalue weighted by atomic mass is 10.1. The molecule has 0 radical (unpaired) electrons. The first kappa shape index (κ1) is 22.5. The zero-order valence-electron chi connectivity index (χ0n) is 17.4. The SMILES string of the molecule is COc1ccc(OCCNC(=O)[C@@H](C)N(c2cc(C)ccc2C)S(C)(=O)=O)cc1. The fraction of sp³-hybridized carbons (Fsp3) is 0.381. The van der Waals surface area contributed by atoms with Gasteiger partial charge in [0.2, 0.25) is 15.9 Å². The Balaban J connectivity index is 2.01. The number of amides is 1. The summed E-state index contributed by atoms with van der Waals surface area (Å²) in [6.45, 7) is 5.78. The van der Waals surface area contributed by atoms with E-state index in [0.29, 0.717) is 11.4 Å². The van der Waals surface area contributed by atoms with E-state index >= 15 is 0 Å². The Bertz CT molecular complexity index is 942. The molecule has 8 heteroatoms. The number of aryl methyl sites for hydroxylation is 2. The van der Waals surface area contributed by atoms with Crippen LogP contribution in [0.25, 0.3) is 0 Å². The normalized spacial score (nSPS) is 12.2. The minimum absolute atomic E-state index is 0.250. The number of ether oxygens (including phenoxy) is 2. The molecule has 2 aromatic rings. The van der Waals surface area contributed by atoms with E-state index in [0.717, 1.165) is 27.4 Å². The van der Waals surface area contributed by atoms with Crippen LogP contribution in [0.3, 0.4) is 0 Å². The molecule has 0 aliphatic heterocycles. The van der Waals surface area contributed by atoms with Crippen LogP contribution >= 0.6 is 0 Å². The van der Waals surface area contributed by atoms with Crippen LogP contribution in [0.1, 0.15) is 18.1 Å². The third kappa shape index (κ3) is 6.12. The number of carbonyl (C=O) groups excluding carboxylic acids is 1. The predicted molar refractivity (Wildman–Crippen MR) is 114 cm³/mol. The fourth-order valence-electron chi connectivity index (χ4n) is 2.90. The third-order valence-corrected chi connectivity index (χ3v) is 5.65. The smallest absolute Gasteiger partial charge is 0.243 e. The summed E-state index contributed by atoms with van der Waals surface area (Å²) in [7, 11) is -2.06.